The Kier molecular flexibility index (Phi) is 2.95. The Hall–Kier alpha value is -1.37. The number of rotatable bonds is 2. The molecule has 86 valence electrons. The normalized spacial score (nSPS) is 24.7. The van der Waals surface area contributed by atoms with Crippen LogP contribution in [0, 0.1) is 0 Å². The molecule has 6 nitrogen and oxygen atoms in total. The quantitative estimate of drug-likeness (QED) is 0.608. The fourth-order valence-electron chi connectivity index (χ4n) is 1.44. The molecule has 7 heteroatoms. The fourth-order valence-corrected chi connectivity index (χ4v) is 1.56. The van der Waals surface area contributed by atoms with Crippen molar-refractivity contribution < 1.29 is 10.2 Å². The van der Waals surface area contributed by atoms with Crippen molar-refractivity contribution in [2.75, 3.05) is 0 Å². The molecule has 0 aliphatic carbocycles. The van der Waals surface area contributed by atoms with Gasteiger partial charge in [0, 0.05) is 12.7 Å². The molecule has 2 rings (SSSR count). The van der Waals surface area contributed by atoms with E-state index in [-0.39, 0.29) is 5.96 Å². The molecule has 0 bridgehead atoms. The molecule has 0 amide bonds. The summed E-state index contributed by atoms with van der Waals surface area (Å²) in [6.07, 6.45) is -0.733. The summed E-state index contributed by atoms with van der Waals surface area (Å²) in [5, 5.41) is 19.2. The summed E-state index contributed by atoms with van der Waals surface area (Å²) in [4.78, 5) is 8.93. The number of guanidine groups is 1. The van der Waals surface area contributed by atoms with Crippen LogP contribution in [0.3, 0.4) is 0 Å². The number of aliphatic imine (C=N–C) groups is 1. The molecule has 16 heavy (non-hydrogen) atoms. The number of nitrogens with zero attached hydrogens (tertiary/aromatic N) is 3. The maximum atomic E-state index is 9.58. The van der Waals surface area contributed by atoms with E-state index in [1.54, 1.807) is 18.3 Å². The van der Waals surface area contributed by atoms with Crippen molar-refractivity contribution in [3.05, 3.63) is 29.0 Å². The van der Waals surface area contributed by atoms with Crippen LogP contribution in [-0.2, 0) is 6.54 Å². The monoisotopic (exact) mass is 242 g/mol. The zero-order valence-electron chi connectivity index (χ0n) is 8.29. The average Bonchev–Trinajstić information content (AvgIpc) is 2.48. The standard InChI is InChI=1S/C9H11ClN4O2/c10-6-2-1-5(3-12-6)4-14-8(16)7(15)13-9(14)11/h1-3,7-8,15-16H,4H2,(H2,11,13). The molecule has 1 aliphatic heterocycles. The minimum atomic E-state index is -1.19. The van der Waals surface area contributed by atoms with Gasteiger partial charge in [-0.15, -0.1) is 0 Å². The highest BCUT2D eigenvalue weighted by molar-refractivity contribution is 6.29. The molecule has 2 heterocycles. The van der Waals surface area contributed by atoms with Crippen LogP contribution in [0.15, 0.2) is 23.3 Å². The molecule has 2 atom stereocenters. The minimum Gasteiger partial charge on any atom is -0.370 e. The second-order valence-corrected chi connectivity index (χ2v) is 3.82. The molecule has 1 aromatic heterocycles. The SMILES string of the molecule is NC1=NC(O)C(O)N1Cc1ccc(Cl)nc1. The first-order valence-electron chi connectivity index (χ1n) is 4.64. The molecule has 1 aliphatic rings. The number of aliphatic hydroxyl groups excluding tert-OH is 2. The van der Waals surface area contributed by atoms with Gasteiger partial charge < -0.3 is 20.8 Å². The van der Waals surface area contributed by atoms with Crippen LogP contribution in [0.5, 0.6) is 0 Å². The third kappa shape index (κ3) is 2.08. The summed E-state index contributed by atoms with van der Waals surface area (Å²) in [5.41, 5.74) is 6.36. The molecule has 0 radical (unpaired) electrons. The van der Waals surface area contributed by atoms with Gasteiger partial charge in [-0.2, -0.15) is 0 Å². The van der Waals surface area contributed by atoms with Crippen LogP contribution in [-0.4, -0.2) is 38.5 Å². The van der Waals surface area contributed by atoms with E-state index >= 15 is 0 Å². The third-order valence-electron chi connectivity index (χ3n) is 2.29. The molecule has 0 spiro atoms. The van der Waals surface area contributed by atoms with Gasteiger partial charge in [0.2, 0.25) is 0 Å². The van der Waals surface area contributed by atoms with Crippen molar-refractivity contribution in [3.8, 4) is 0 Å². The fraction of sp³-hybridized carbons (Fsp3) is 0.333. The molecule has 0 saturated carbocycles. The van der Waals surface area contributed by atoms with Crippen molar-refractivity contribution in [1.82, 2.24) is 9.88 Å². The van der Waals surface area contributed by atoms with Gasteiger partial charge in [0.25, 0.3) is 0 Å². The van der Waals surface area contributed by atoms with Gasteiger partial charge in [0.05, 0.1) is 0 Å². The van der Waals surface area contributed by atoms with E-state index in [0.29, 0.717) is 11.7 Å². The lowest BCUT2D eigenvalue weighted by atomic mass is 10.2. The lowest BCUT2D eigenvalue weighted by Crippen LogP contribution is -2.42. The number of aromatic nitrogens is 1. The lowest BCUT2D eigenvalue weighted by Gasteiger charge is -2.22. The largest absolute Gasteiger partial charge is 0.370 e. The summed E-state index contributed by atoms with van der Waals surface area (Å²) >= 11 is 5.65. The van der Waals surface area contributed by atoms with E-state index in [4.69, 9.17) is 17.3 Å². The molecule has 0 saturated heterocycles. The van der Waals surface area contributed by atoms with Crippen molar-refractivity contribution in [2.45, 2.75) is 19.0 Å². The number of aliphatic hydroxyl groups is 2. The number of hydrogen-bond acceptors (Lipinski definition) is 6. The van der Waals surface area contributed by atoms with Gasteiger partial charge in [-0.1, -0.05) is 17.7 Å². The second kappa shape index (κ2) is 4.25. The summed E-state index contributed by atoms with van der Waals surface area (Å²) in [5.74, 6) is 0.106. The topological polar surface area (TPSA) is 95.0 Å². The van der Waals surface area contributed by atoms with Crippen LogP contribution in [0.1, 0.15) is 5.56 Å². The van der Waals surface area contributed by atoms with Gasteiger partial charge in [-0.05, 0) is 11.6 Å². The van der Waals surface area contributed by atoms with Crippen molar-refractivity contribution in [1.29, 1.82) is 0 Å². The Balaban J connectivity index is 2.11. The maximum Gasteiger partial charge on any atom is 0.196 e. The van der Waals surface area contributed by atoms with E-state index in [2.05, 4.69) is 9.98 Å². The summed E-state index contributed by atoms with van der Waals surface area (Å²) < 4.78 is 0. The minimum absolute atomic E-state index is 0.106. The number of pyridine rings is 1. The third-order valence-corrected chi connectivity index (χ3v) is 2.51. The lowest BCUT2D eigenvalue weighted by molar-refractivity contribution is -0.0339. The Morgan fingerprint density at radius 2 is 2.19 bits per heavy atom. The van der Waals surface area contributed by atoms with Crippen LogP contribution in [0.25, 0.3) is 0 Å². The van der Waals surface area contributed by atoms with E-state index in [1.165, 1.54) is 4.90 Å². The Bertz CT molecular complexity index is 408. The Morgan fingerprint density at radius 1 is 1.44 bits per heavy atom. The summed E-state index contributed by atoms with van der Waals surface area (Å²) in [7, 11) is 0. The zero-order chi connectivity index (χ0) is 11.7. The smallest absolute Gasteiger partial charge is 0.196 e. The molecular weight excluding hydrogens is 232 g/mol. The van der Waals surface area contributed by atoms with E-state index in [1.807, 2.05) is 0 Å². The van der Waals surface area contributed by atoms with Gasteiger partial charge >= 0.3 is 0 Å². The average molecular weight is 243 g/mol. The van der Waals surface area contributed by atoms with E-state index < -0.39 is 12.5 Å². The molecule has 4 N–H and O–H groups in total. The highest BCUT2D eigenvalue weighted by atomic mass is 35.5. The zero-order valence-corrected chi connectivity index (χ0v) is 9.04. The maximum absolute atomic E-state index is 9.58. The van der Waals surface area contributed by atoms with E-state index in [0.717, 1.165) is 5.56 Å². The highest BCUT2D eigenvalue weighted by Gasteiger charge is 2.31. The van der Waals surface area contributed by atoms with Crippen LogP contribution in [0.2, 0.25) is 5.15 Å². The molecule has 0 aromatic carbocycles. The predicted molar refractivity (Wildman–Crippen MR) is 58.4 cm³/mol. The van der Waals surface area contributed by atoms with Crippen molar-refractivity contribution >= 4 is 17.6 Å². The first-order valence-corrected chi connectivity index (χ1v) is 5.02. The molecule has 2 unspecified atom stereocenters. The Morgan fingerprint density at radius 3 is 2.69 bits per heavy atom. The first-order chi connectivity index (χ1) is 7.58. The predicted octanol–water partition coefficient (Wildman–Crippen LogP) is -0.498. The summed E-state index contributed by atoms with van der Waals surface area (Å²) in [6, 6.07) is 3.41. The number of hydrogen-bond donors (Lipinski definition) is 3. The molecule has 1 aromatic rings. The first kappa shape index (κ1) is 11.1. The van der Waals surface area contributed by atoms with Crippen molar-refractivity contribution in [3.63, 3.8) is 0 Å². The van der Waals surface area contributed by atoms with Gasteiger partial charge in [-0.25, -0.2) is 9.98 Å². The van der Waals surface area contributed by atoms with Crippen LogP contribution >= 0.6 is 11.6 Å². The van der Waals surface area contributed by atoms with Crippen LogP contribution in [0.4, 0.5) is 0 Å². The van der Waals surface area contributed by atoms with Gasteiger partial charge in [-0.3, -0.25) is 0 Å². The van der Waals surface area contributed by atoms with E-state index in [9.17, 15) is 10.2 Å². The summed E-state index contributed by atoms with van der Waals surface area (Å²) in [6.45, 7) is 0.317. The Labute approximate surface area is 97.0 Å². The highest BCUT2D eigenvalue weighted by Crippen LogP contribution is 2.15. The molecule has 0 fully saturated rings. The van der Waals surface area contributed by atoms with Gasteiger partial charge in [0.15, 0.2) is 18.4 Å². The van der Waals surface area contributed by atoms with Gasteiger partial charge in [0.1, 0.15) is 5.15 Å². The van der Waals surface area contributed by atoms with Crippen molar-refractivity contribution in [2.24, 2.45) is 10.7 Å². The molecular formula is C9H11ClN4O2. The van der Waals surface area contributed by atoms with Crippen LogP contribution < -0.4 is 5.73 Å². The number of halogens is 1. The second-order valence-electron chi connectivity index (χ2n) is 3.43. The number of nitrogens with two attached hydrogens (primary N) is 1.